The molecule has 1 unspecified atom stereocenters. The standard InChI is InChI=1S/C37H43N3O5/c1-37(2,3)45-36(42)40-17-16-31(28-13-8-12-27(22-28)26-10-6-5-7-11-26)32(25-40)35(41)34(39-18-19-39)29-14-15-30(24-38)33(23-29)44-21-9-20-43-4/h5-8,10-15,22-23,31-32,34H,9,16-21,25H2,1-4H3/t31-,32+,34?/m1/s1. The Morgan fingerprint density at radius 3 is 2.40 bits per heavy atom. The number of methoxy groups -OCH3 is 1. The van der Waals surface area contributed by atoms with Gasteiger partial charge in [-0.25, -0.2) is 4.79 Å². The Bertz CT molecular complexity index is 1520. The zero-order valence-electron chi connectivity index (χ0n) is 26.7. The van der Waals surface area contributed by atoms with Crippen LogP contribution in [0.2, 0.25) is 0 Å². The number of hydrogen-bond acceptors (Lipinski definition) is 7. The van der Waals surface area contributed by atoms with E-state index in [-0.39, 0.29) is 18.2 Å². The summed E-state index contributed by atoms with van der Waals surface area (Å²) in [4.78, 5) is 31.9. The molecule has 3 aromatic rings. The molecule has 0 radical (unpaired) electrons. The maximum Gasteiger partial charge on any atom is 0.410 e. The SMILES string of the molecule is COCCCOc1cc(C(C(=O)[C@H]2CN(C(=O)OC(C)(C)C)CC[C@@H]2c2cccc(-c3ccccc3)c2)N2CC2)ccc1C#N. The number of rotatable bonds is 11. The van der Waals surface area contributed by atoms with E-state index >= 15 is 0 Å². The fourth-order valence-electron chi connectivity index (χ4n) is 6.09. The van der Waals surface area contributed by atoms with Crippen LogP contribution in [-0.4, -0.2) is 73.8 Å². The van der Waals surface area contributed by atoms with Gasteiger partial charge < -0.3 is 19.1 Å². The minimum Gasteiger partial charge on any atom is -0.492 e. The van der Waals surface area contributed by atoms with Crippen LogP contribution in [0.5, 0.6) is 5.75 Å². The van der Waals surface area contributed by atoms with E-state index in [0.29, 0.717) is 43.9 Å². The number of benzene rings is 3. The number of likely N-dealkylation sites (tertiary alicyclic amines) is 1. The predicted molar refractivity (Wildman–Crippen MR) is 173 cm³/mol. The summed E-state index contributed by atoms with van der Waals surface area (Å²) in [5.41, 5.74) is 3.89. The van der Waals surface area contributed by atoms with E-state index in [1.165, 1.54) is 0 Å². The first kappa shape index (κ1) is 32.2. The largest absolute Gasteiger partial charge is 0.492 e. The normalized spacial score (nSPS) is 19.0. The molecule has 2 heterocycles. The number of nitriles is 1. The molecule has 236 valence electrons. The van der Waals surface area contributed by atoms with Gasteiger partial charge in [0, 0.05) is 52.2 Å². The Morgan fingerprint density at radius 2 is 1.71 bits per heavy atom. The van der Waals surface area contributed by atoms with Crippen LogP contribution in [0.1, 0.15) is 62.3 Å². The number of Topliss-reactive ketones (excluding diaryl/α,β-unsaturated/α-hetero) is 1. The third kappa shape index (κ3) is 8.10. The highest BCUT2D eigenvalue weighted by Gasteiger charge is 2.44. The average Bonchev–Trinajstić information content (AvgIpc) is 3.88. The maximum absolute atomic E-state index is 14.8. The molecule has 1 amide bonds. The molecule has 2 saturated heterocycles. The van der Waals surface area contributed by atoms with Gasteiger partial charge in [-0.2, -0.15) is 5.26 Å². The molecule has 0 saturated carbocycles. The molecular weight excluding hydrogens is 566 g/mol. The van der Waals surface area contributed by atoms with Crippen LogP contribution in [0.25, 0.3) is 11.1 Å². The summed E-state index contributed by atoms with van der Waals surface area (Å²) >= 11 is 0. The van der Waals surface area contributed by atoms with Crippen molar-refractivity contribution in [2.24, 2.45) is 5.92 Å². The van der Waals surface area contributed by atoms with Gasteiger partial charge in [0.1, 0.15) is 17.4 Å². The lowest BCUT2D eigenvalue weighted by Crippen LogP contribution is -2.48. The topological polar surface area (TPSA) is 91.9 Å². The summed E-state index contributed by atoms with van der Waals surface area (Å²) in [7, 11) is 1.64. The van der Waals surface area contributed by atoms with Crippen LogP contribution in [0.3, 0.4) is 0 Å². The number of ether oxygens (including phenoxy) is 3. The van der Waals surface area contributed by atoms with Crippen molar-refractivity contribution in [2.75, 3.05) is 46.5 Å². The van der Waals surface area contributed by atoms with Gasteiger partial charge >= 0.3 is 6.09 Å². The molecule has 0 N–H and O–H groups in total. The molecule has 8 heteroatoms. The number of nitrogens with zero attached hydrogens (tertiary/aromatic N) is 3. The zero-order valence-corrected chi connectivity index (χ0v) is 26.7. The molecule has 0 aromatic heterocycles. The average molecular weight is 610 g/mol. The lowest BCUT2D eigenvalue weighted by molar-refractivity contribution is -0.128. The molecular formula is C37H43N3O5. The number of piperidine rings is 1. The summed E-state index contributed by atoms with van der Waals surface area (Å²) in [5.74, 6) is -0.00199. The third-order valence-electron chi connectivity index (χ3n) is 8.36. The van der Waals surface area contributed by atoms with Gasteiger partial charge in [-0.1, -0.05) is 60.7 Å². The zero-order chi connectivity index (χ0) is 32.0. The van der Waals surface area contributed by atoms with Crippen molar-refractivity contribution in [3.8, 4) is 22.9 Å². The van der Waals surface area contributed by atoms with Crippen LogP contribution in [0, 0.1) is 17.2 Å². The van der Waals surface area contributed by atoms with Crippen LogP contribution in [0.15, 0.2) is 72.8 Å². The Balaban J connectivity index is 1.48. The first-order chi connectivity index (χ1) is 21.7. The molecule has 3 aromatic carbocycles. The van der Waals surface area contributed by atoms with Crippen molar-refractivity contribution in [3.63, 3.8) is 0 Å². The molecule has 8 nitrogen and oxygen atoms in total. The van der Waals surface area contributed by atoms with Gasteiger partial charge in [0.2, 0.25) is 0 Å². The van der Waals surface area contributed by atoms with Crippen LogP contribution < -0.4 is 4.74 Å². The molecule has 2 aliphatic heterocycles. The third-order valence-corrected chi connectivity index (χ3v) is 8.36. The second-order valence-corrected chi connectivity index (χ2v) is 12.8. The maximum atomic E-state index is 14.8. The Kier molecular flexibility index (Phi) is 10.2. The summed E-state index contributed by atoms with van der Waals surface area (Å²) in [5, 5.41) is 9.73. The second kappa shape index (κ2) is 14.3. The Hall–Kier alpha value is -4.19. The quantitative estimate of drug-likeness (QED) is 0.179. The fraction of sp³-hybridized carbons (Fsp3) is 0.432. The van der Waals surface area contributed by atoms with E-state index < -0.39 is 23.7 Å². The lowest BCUT2D eigenvalue weighted by Gasteiger charge is -2.40. The van der Waals surface area contributed by atoms with Gasteiger partial charge in [-0.3, -0.25) is 9.69 Å². The highest BCUT2D eigenvalue weighted by molar-refractivity contribution is 5.89. The van der Waals surface area contributed by atoms with Gasteiger partial charge in [-0.15, -0.1) is 0 Å². The van der Waals surface area contributed by atoms with Crippen molar-refractivity contribution < 1.29 is 23.8 Å². The van der Waals surface area contributed by atoms with E-state index in [9.17, 15) is 14.9 Å². The van der Waals surface area contributed by atoms with Crippen molar-refractivity contribution >= 4 is 11.9 Å². The van der Waals surface area contributed by atoms with Crippen LogP contribution in [0.4, 0.5) is 4.79 Å². The fourth-order valence-corrected chi connectivity index (χ4v) is 6.09. The number of amides is 1. The van der Waals surface area contributed by atoms with Crippen molar-refractivity contribution in [2.45, 2.75) is 51.2 Å². The molecule has 5 rings (SSSR count). The van der Waals surface area contributed by atoms with Gasteiger partial charge in [-0.05, 0) is 67.5 Å². The molecule has 0 bridgehead atoms. The molecule has 45 heavy (non-hydrogen) atoms. The van der Waals surface area contributed by atoms with E-state index in [4.69, 9.17) is 14.2 Å². The van der Waals surface area contributed by atoms with E-state index in [0.717, 1.165) is 35.3 Å². The van der Waals surface area contributed by atoms with E-state index in [1.807, 2.05) is 51.1 Å². The monoisotopic (exact) mass is 609 g/mol. The predicted octanol–water partition coefficient (Wildman–Crippen LogP) is 6.61. The second-order valence-electron chi connectivity index (χ2n) is 12.8. The minimum absolute atomic E-state index is 0.0610. The first-order valence-electron chi connectivity index (χ1n) is 15.8. The van der Waals surface area contributed by atoms with Crippen molar-refractivity contribution in [1.29, 1.82) is 5.26 Å². The smallest absolute Gasteiger partial charge is 0.410 e. The molecule has 0 aliphatic carbocycles. The number of hydrogen-bond donors (Lipinski definition) is 0. The number of carbonyl (C=O) groups excluding carboxylic acids is 2. The molecule has 0 spiro atoms. The van der Waals surface area contributed by atoms with Gasteiger partial charge in [0.15, 0.2) is 5.78 Å². The molecule has 2 aliphatic rings. The lowest BCUT2D eigenvalue weighted by atomic mass is 9.75. The summed E-state index contributed by atoms with van der Waals surface area (Å²) < 4.78 is 16.9. The number of ketones is 1. The van der Waals surface area contributed by atoms with Gasteiger partial charge in [0.05, 0.1) is 18.2 Å². The van der Waals surface area contributed by atoms with Crippen LogP contribution in [-0.2, 0) is 14.3 Å². The first-order valence-corrected chi connectivity index (χ1v) is 15.8. The Labute approximate surface area is 266 Å². The summed E-state index contributed by atoms with van der Waals surface area (Å²) in [6, 6.07) is 25.8. The molecule has 2 fully saturated rings. The van der Waals surface area contributed by atoms with Gasteiger partial charge in [0.25, 0.3) is 0 Å². The van der Waals surface area contributed by atoms with Crippen molar-refractivity contribution in [3.05, 3.63) is 89.5 Å². The minimum atomic E-state index is -0.637. The van der Waals surface area contributed by atoms with Crippen molar-refractivity contribution in [1.82, 2.24) is 9.80 Å². The van der Waals surface area contributed by atoms with Crippen LogP contribution >= 0.6 is 0 Å². The molecule has 3 atom stereocenters. The van der Waals surface area contributed by atoms with E-state index in [2.05, 4.69) is 47.4 Å². The summed E-state index contributed by atoms with van der Waals surface area (Å²) in [6.07, 6.45) is 0.930. The number of carbonyl (C=O) groups is 2. The highest BCUT2D eigenvalue weighted by Crippen LogP contribution is 2.41. The van der Waals surface area contributed by atoms with E-state index in [1.54, 1.807) is 18.1 Å². The summed E-state index contributed by atoms with van der Waals surface area (Å²) in [6.45, 7) is 8.90. The Morgan fingerprint density at radius 1 is 0.956 bits per heavy atom. The highest BCUT2D eigenvalue weighted by atomic mass is 16.6.